The number of urea groups is 1. The number of amides is 2. The number of hydrogen-bond acceptors (Lipinski definition) is 4. The molecule has 1 aromatic heterocycles. The molecule has 2 heterocycles. The summed E-state index contributed by atoms with van der Waals surface area (Å²) < 4.78 is 0. The minimum absolute atomic E-state index is 0.174. The van der Waals surface area contributed by atoms with Gasteiger partial charge in [-0.3, -0.25) is 4.98 Å². The number of nitrogens with zero attached hydrogens (tertiary/aromatic N) is 3. The van der Waals surface area contributed by atoms with Crippen LogP contribution < -0.4 is 5.32 Å². The lowest BCUT2D eigenvalue weighted by Crippen LogP contribution is -2.67. The Bertz CT molecular complexity index is 982. The van der Waals surface area contributed by atoms with Crippen LogP contribution in [-0.2, 0) is 0 Å². The molecule has 2 fully saturated rings. The van der Waals surface area contributed by atoms with Crippen molar-refractivity contribution in [3.05, 3.63) is 65.5 Å². The number of aliphatic hydroxyl groups is 1. The lowest BCUT2D eigenvalue weighted by molar-refractivity contribution is 0.0158. The molecule has 1 saturated carbocycles. The van der Waals surface area contributed by atoms with Crippen LogP contribution in [0, 0.1) is 23.2 Å². The Kier molecular flexibility index (Phi) is 5.97. The molecule has 30 heavy (non-hydrogen) atoms. The molecule has 1 aliphatic heterocycles. The van der Waals surface area contributed by atoms with Crippen molar-refractivity contribution in [1.82, 2.24) is 15.2 Å². The largest absolute Gasteiger partial charge is 0.394 e. The van der Waals surface area contributed by atoms with E-state index >= 15 is 0 Å². The van der Waals surface area contributed by atoms with Crippen LogP contribution in [0.5, 0.6) is 0 Å². The van der Waals surface area contributed by atoms with Crippen molar-refractivity contribution in [2.24, 2.45) is 0 Å². The van der Waals surface area contributed by atoms with E-state index in [0.717, 1.165) is 42.4 Å². The highest BCUT2D eigenvalue weighted by Crippen LogP contribution is 2.40. The molecule has 2 aromatic rings. The lowest BCUT2D eigenvalue weighted by Gasteiger charge is -2.51. The van der Waals surface area contributed by atoms with E-state index in [1.165, 1.54) is 4.90 Å². The van der Waals surface area contributed by atoms with E-state index in [2.05, 4.69) is 28.2 Å². The van der Waals surface area contributed by atoms with Gasteiger partial charge < -0.3 is 15.3 Å². The number of carbonyl (C=O) groups is 1. The molecule has 3 atom stereocenters. The fraction of sp³-hybridized carbons (Fsp3) is 0.375. The second-order valence-corrected chi connectivity index (χ2v) is 7.80. The van der Waals surface area contributed by atoms with Crippen LogP contribution in [0.15, 0.2) is 48.8 Å². The molecule has 0 unspecified atom stereocenters. The maximum atomic E-state index is 12.7. The van der Waals surface area contributed by atoms with Gasteiger partial charge in [0.05, 0.1) is 18.7 Å². The van der Waals surface area contributed by atoms with Crippen LogP contribution in [0.2, 0.25) is 0 Å². The van der Waals surface area contributed by atoms with Gasteiger partial charge in [0.15, 0.2) is 0 Å². The third-order valence-electron chi connectivity index (χ3n) is 5.96. The number of likely N-dealkylation sites (tertiary alicyclic amines) is 1. The SMILES string of the molecule is N#C[C@H]1[C@H](c2ccc(C#Cc3cccnc3)cc2)[C@@H](CO)N1C(=O)NC1CCCC1. The maximum absolute atomic E-state index is 12.7. The first-order valence-electron chi connectivity index (χ1n) is 10.3. The molecule has 0 radical (unpaired) electrons. The summed E-state index contributed by atoms with van der Waals surface area (Å²) in [5.74, 6) is 5.96. The minimum Gasteiger partial charge on any atom is -0.394 e. The summed E-state index contributed by atoms with van der Waals surface area (Å²) in [6.45, 7) is -0.177. The number of aliphatic hydroxyl groups excluding tert-OH is 1. The molecule has 1 aliphatic carbocycles. The summed E-state index contributed by atoms with van der Waals surface area (Å²) in [5, 5.41) is 22.6. The average molecular weight is 400 g/mol. The maximum Gasteiger partial charge on any atom is 0.319 e. The van der Waals surface area contributed by atoms with Crippen LogP contribution in [0.4, 0.5) is 4.79 Å². The highest BCUT2D eigenvalue weighted by atomic mass is 16.3. The summed E-state index contributed by atoms with van der Waals surface area (Å²) in [6, 6.07) is 12.6. The van der Waals surface area contributed by atoms with E-state index in [1.807, 2.05) is 36.4 Å². The van der Waals surface area contributed by atoms with Crippen molar-refractivity contribution in [3.8, 4) is 17.9 Å². The van der Waals surface area contributed by atoms with Crippen molar-refractivity contribution < 1.29 is 9.90 Å². The third kappa shape index (κ3) is 4.01. The summed E-state index contributed by atoms with van der Waals surface area (Å²) in [5.41, 5.74) is 2.62. The van der Waals surface area contributed by atoms with Gasteiger partial charge in [0.2, 0.25) is 0 Å². The van der Waals surface area contributed by atoms with Gasteiger partial charge >= 0.3 is 6.03 Å². The predicted octanol–water partition coefficient (Wildman–Crippen LogP) is 2.79. The molecular weight excluding hydrogens is 376 g/mol. The Morgan fingerprint density at radius 1 is 1.17 bits per heavy atom. The number of aromatic nitrogens is 1. The van der Waals surface area contributed by atoms with Crippen LogP contribution in [0.3, 0.4) is 0 Å². The molecule has 4 rings (SSSR count). The zero-order valence-corrected chi connectivity index (χ0v) is 16.7. The fourth-order valence-corrected chi connectivity index (χ4v) is 4.38. The number of nitriles is 1. The van der Waals surface area contributed by atoms with Gasteiger partial charge in [-0.05, 0) is 42.7 Å². The van der Waals surface area contributed by atoms with Crippen molar-refractivity contribution in [2.45, 2.75) is 49.7 Å². The number of rotatable bonds is 3. The Labute approximate surface area is 176 Å². The average Bonchev–Trinajstić information content (AvgIpc) is 3.27. The van der Waals surface area contributed by atoms with Gasteiger partial charge in [0.1, 0.15) is 6.04 Å². The number of benzene rings is 1. The molecule has 0 spiro atoms. The van der Waals surface area contributed by atoms with Gasteiger partial charge in [-0.2, -0.15) is 5.26 Å². The minimum atomic E-state index is -0.587. The number of pyridine rings is 1. The molecule has 2 amide bonds. The summed E-state index contributed by atoms with van der Waals surface area (Å²) in [4.78, 5) is 18.2. The quantitative estimate of drug-likeness (QED) is 0.776. The summed E-state index contributed by atoms with van der Waals surface area (Å²) >= 11 is 0. The van der Waals surface area contributed by atoms with Gasteiger partial charge in [-0.1, -0.05) is 36.8 Å². The van der Waals surface area contributed by atoms with E-state index < -0.39 is 12.1 Å². The van der Waals surface area contributed by atoms with E-state index in [-0.39, 0.29) is 24.6 Å². The molecule has 2 N–H and O–H groups in total. The zero-order chi connectivity index (χ0) is 20.9. The second-order valence-electron chi connectivity index (χ2n) is 7.80. The van der Waals surface area contributed by atoms with Crippen molar-refractivity contribution in [1.29, 1.82) is 5.26 Å². The highest BCUT2D eigenvalue weighted by molar-refractivity contribution is 5.77. The molecule has 6 nitrogen and oxygen atoms in total. The molecule has 0 bridgehead atoms. The molecule has 1 saturated heterocycles. The van der Waals surface area contributed by atoms with E-state index in [1.54, 1.807) is 12.4 Å². The lowest BCUT2D eigenvalue weighted by atomic mass is 9.76. The zero-order valence-electron chi connectivity index (χ0n) is 16.7. The first kappa shape index (κ1) is 19.9. The third-order valence-corrected chi connectivity index (χ3v) is 5.96. The Morgan fingerprint density at radius 3 is 2.53 bits per heavy atom. The van der Waals surface area contributed by atoms with Crippen LogP contribution in [0.25, 0.3) is 0 Å². The van der Waals surface area contributed by atoms with Gasteiger partial charge in [0.25, 0.3) is 0 Å². The predicted molar refractivity (Wildman–Crippen MR) is 112 cm³/mol. The molecule has 6 heteroatoms. The molecule has 152 valence electrons. The number of hydrogen-bond donors (Lipinski definition) is 2. The monoisotopic (exact) mass is 400 g/mol. The normalized spacial score (nSPS) is 23.1. The Morgan fingerprint density at radius 2 is 1.90 bits per heavy atom. The van der Waals surface area contributed by atoms with Gasteiger partial charge in [-0.15, -0.1) is 0 Å². The standard InChI is InChI=1S/C24H24N4O2/c25-14-21-23(22(16-29)28(21)24(30)27-20-5-1-2-6-20)19-11-9-17(10-12-19)7-8-18-4-3-13-26-15-18/h3-4,9-13,15,20-23,29H,1-2,5-6,16H2,(H,27,30)/t21-,22+,23-/m0/s1. The van der Waals surface area contributed by atoms with E-state index in [9.17, 15) is 15.2 Å². The van der Waals surface area contributed by atoms with Gasteiger partial charge in [0, 0.05) is 35.5 Å². The Hall–Kier alpha value is -3.35. The van der Waals surface area contributed by atoms with E-state index in [4.69, 9.17) is 0 Å². The molecule has 1 aromatic carbocycles. The highest BCUT2D eigenvalue weighted by Gasteiger charge is 2.52. The topological polar surface area (TPSA) is 89.2 Å². The first-order valence-corrected chi connectivity index (χ1v) is 10.3. The number of carbonyl (C=O) groups excluding carboxylic acids is 1. The van der Waals surface area contributed by atoms with Crippen molar-refractivity contribution >= 4 is 6.03 Å². The van der Waals surface area contributed by atoms with Crippen LogP contribution in [-0.4, -0.2) is 45.8 Å². The summed E-state index contributed by atoms with van der Waals surface area (Å²) in [6.07, 6.45) is 7.62. The fourth-order valence-electron chi connectivity index (χ4n) is 4.38. The van der Waals surface area contributed by atoms with Crippen LogP contribution >= 0.6 is 0 Å². The summed E-state index contributed by atoms with van der Waals surface area (Å²) in [7, 11) is 0. The molecule has 2 aliphatic rings. The first-order chi connectivity index (χ1) is 14.7. The Balaban J connectivity index is 1.47. The van der Waals surface area contributed by atoms with Crippen molar-refractivity contribution in [2.75, 3.05) is 6.61 Å². The number of nitrogens with one attached hydrogen (secondary N) is 1. The van der Waals surface area contributed by atoms with Crippen molar-refractivity contribution in [3.63, 3.8) is 0 Å². The molecular formula is C24H24N4O2. The smallest absolute Gasteiger partial charge is 0.319 e. The van der Waals surface area contributed by atoms with E-state index in [0.29, 0.717) is 0 Å². The van der Waals surface area contributed by atoms with Gasteiger partial charge in [-0.25, -0.2) is 4.79 Å². The van der Waals surface area contributed by atoms with Crippen LogP contribution in [0.1, 0.15) is 48.3 Å². The second kappa shape index (κ2) is 8.98.